The molecule has 1 unspecified atom stereocenters. The van der Waals surface area contributed by atoms with E-state index in [1.807, 2.05) is 11.8 Å². The highest BCUT2D eigenvalue weighted by atomic mass is 35.5. The Morgan fingerprint density at radius 1 is 1.62 bits per heavy atom. The van der Waals surface area contributed by atoms with E-state index in [1.54, 1.807) is 0 Å². The summed E-state index contributed by atoms with van der Waals surface area (Å²) in [7, 11) is 0. The van der Waals surface area contributed by atoms with Crippen molar-refractivity contribution in [3.8, 4) is 0 Å². The van der Waals surface area contributed by atoms with Gasteiger partial charge in [0.1, 0.15) is 0 Å². The molecule has 2 heterocycles. The lowest BCUT2D eigenvalue weighted by atomic mass is 10.3. The number of hydrogen-bond donors (Lipinski definition) is 0. The first-order valence-corrected chi connectivity index (χ1v) is 5.72. The number of halogens is 2. The Bertz CT molecular complexity index is 375. The van der Waals surface area contributed by atoms with Crippen LogP contribution in [0.25, 0.3) is 0 Å². The zero-order valence-corrected chi connectivity index (χ0v) is 9.88. The van der Waals surface area contributed by atoms with Crippen LogP contribution in [-0.4, -0.2) is 30.8 Å². The van der Waals surface area contributed by atoms with E-state index in [0.717, 1.165) is 13.0 Å². The molecule has 88 valence electrons. The molecule has 1 fully saturated rings. The number of anilines is 1. The maximum Gasteiger partial charge on any atom is 0.167 e. The molecule has 0 spiro atoms. The van der Waals surface area contributed by atoms with Gasteiger partial charge >= 0.3 is 0 Å². The zero-order chi connectivity index (χ0) is 11.5. The molecule has 16 heavy (non-hydrogen) atoms. The van der Waals surface area contributed by atoms with Crippen LogP contribution in [0.3, 0.4) is 0 Å². The largest absolute Gasteiger partial charge is 0.377 e. The van der Waals surface area contributed by atoms with E-state index in [0.29, 0.717) is 24.0 Å². The van der Waals surface area contributed by atoms with E-state index in [2.05, 4.69) is 4.98 Å². The first-order chi connectivity index (χ1) is 7.66. The molecule has 0 aliphatic carbocycles. The Hall–Kier alpha value is -0.870. The minimum absolute atomic E-state index is 0.0966. The standard InChI is InChI=1S/C11H14ClFN2O/c1-8-7-15(3-2-4-16-8)11-10(13)5-9(12)6-14-11/h5-6,8H,2-4,7H2,1H3. The molecular formula is C11H14ClFN2O. The Kier molecular flexibility index (Phi) is 3.61. The van der Waals surface area contributed by atoms with Gasteiger partial charge in [0.25, 0.3) is 0 Å². The maximum absolute atomic E-state index is 13.7. The van der Waals surface area contributed by atoms with E-state index in [4.69, 9.17) is 16.3 Å². The molecule has 1 saturated heterocycles. The smallest absolute Gasteiger partial charge is 0.167 e. The molecule has 0 saturated carbocycles. The van der Waals surface area contributed by atoms with Gasteiger partial charge in [-0.2, -0.15) is 0 Å². The van der Waals surface area contributed by atoms with Gasteiger partial charge in [0.2, 0.25) is 0 Å². The molecule has 3 nitrogen and oxygen atoms in total. The van der Waals surface area contributed by atoms with Crippen molar-refractivity contribution < 1.29 is 9.13 Å². The van der Waals surface area contributed by atoms with Gasteiger partial charge in [-0.3, -0.25) is 0 Å². The van der Waals surface area contributed by atoms with Crippen molar-refractivity contribution in [2.45, 2.75) is 19.4 Å². The highest BCUT2D eigenvalue weighted by Crippen LogP contribution is 2.21. The third-order valence-electron chi connectivity index (χ3n) is 2.54. The van der Waals surface area contributed by atoms with Crippen LogP contribution in [0.15, 0.2) is 12.3 Å². The van der Waals surface area contributed by atoms with Crippen LogP contribution < -0.4 is 4.90 Å². The summed E-state index contributed by atoms with van der Waals surface area (Å²) in [6.07, 6.45) is 2.45. The van der Waals surface area contributed by atoms with Gasteiger partial charge in [0.15, 0.2) is 11.6 Å². The van der Waals surface area contributed by atoms with Crippen LogP contribution in [0.1, 0.15) is 13.3 Å². The molecule has 1 atom stereocenters. The second kappa shape index (κ2) is 4.97. The summed E-state index contributed by atoms with van der Waals surface area (Å²) in [5.74, 6) is -0.0108. The van der Waals surface area contributed by atoms with E-state index >= 15 is 0 Å². The lowest BCUT2D eigenvalue weighted by Gasteiger charge is -2.23. The van der Waals surface area contributed by atoms with Crippen LogP contribution in [0.4, 0.5) is 10.2 Å². The molecule has 0 bridgehead atoms. The fraction of sp³-hybridized carbons (Fsp3) is 0.545. The summed E-state index contributed by atoms with van der Waals surface area (Å²) in [6.45, 7) is 4.11. The first-order valence-electron chi connectivity index (χ1n) is 5.34. The molecule has 0 amide bonds. The van der Waals surface area contributed by atoms with Crippen molar-refractivity contribution in [1.29, 1.82) is 0 Å². The monoisotopic (exact) mass is 244 g/mol. The Balaban J connectivity index is 2.21. The SMILES string of the molecule is CC1CN(c2ncc(Cl)cc2F)CCCO1. The average Bonchev–Trinajstić information content (AvgIpc) is 2.43. The Morgan fingerprint density at radius 3 is 3.19 bits per heavy atom. The normalized spacial score (nSPS) is 21.9. The summed E-state index contributed by atoms with van der Waals surface area (Å²) >= 11 is 5.67. The van der Waals surface area contributed by atoms with Gasteiger partial charge in [-0.1, -0.05) is 11.6 Å². The number of rotatable bonds is 1. The summed E-state index contributed by atoms with van der Waals surface area (Å²) in [6, 6.07) is 1.29. The second-order valence-corrected chi connectivity index (χ2v) is 4.38. The average molecular weight is 245 g/mol. The molecule has 1 aromatic rings. The van der Waals surface area contributed by atoms with Crippen LogP contribution >= 0.6 is 11.6 Å². The summed E-state index contributed by atoms with van der Waals surface area (Å²) in [4.78, 5) is 5.95. The molecule has 5 heteroatoms. The quantitative estimate of drug-likeness (QED) is 0.759. The third kappa shape index (κ3) is 2.62. The second-order valence-electron chi connectivity index (χ2n) is 3.94. The number of ether oxygens (including phenoxy) is 1. The van der Waals surface area contributed by atoms with Crippen molar-refractivity contribution in [2.24, 2.45) is 0 Å². The number of nitrogens with zero attached hydrogens (tertiary/aromatic N) is 2. The Morgan fingerprint density at radius 2 is 2.44 bits per heavy atom. The third-order valence-corrected chi connectivity index (χ3v) is 2.75. The van der Waals surface area contributed by atoms with E-state index in [-0.39, 0.29) is 11.9 Å². The predicted octanol–water partition coefficient (Wildman–Crippen LogP) is 2.49. The number of pyridine rings is 1. The Labute approximate surface area is 99.2 Å². The van der Waals surface area contributed by atoms with Crippen LogP contribution in [0.2, 0.25) is 5.02 Å². The minimum Gasteiger partial charge on any atom is -0.377 e. The fourth-order valence-electron chi connectivity index (χ4n) is 1.83. The van der Waals surface area contributed by atoms with Crippen LogP contribution in [-0.2, 0) is 4.74 Å². The van der Waals surface area contributed by atoms with Gasteiger partial charge in [0, 0.05) is 25.9 Å². The molecule has 0 radical (unpaired) electrons. The highest BCUT2D eigenvalue weighted by molar-refractivity contribution is 6.30. The molecule has 0 N–H and O–H groups in total. The lowest BCUT2D eigenvalue weighted by Crippen LogP contribution is -2.31. The van der Waals surface area contributed by atoms with Gasteiger partial charge in [0.05, 0.1) is 11.1 Å². The zero-order valence-electron chi connectivity index (χ0n) is 9.12. The van der Waals surface area contributed by atoms with Crippen LogP contribution in [0.5, 0.6) is 0 Å². The molecular weight excluding hydrogens is 231 g/mol. The van der Waals surface area contributed by atoms with Crippen molar-refractivity contribution in [2.75, 3.05) is 24.6 Å². The molecule has 1 aliphatic heterocycles. The highest BCUT2D eigenvalue weighted by Gasteiger charge is 2.19. The maximum atomic E-state index is 13.7. The van der Waals surface area contributed by atoms with E-state index in [1.165, 1.54) is 12.3 Å². The predicted molar refractivity (Wildman–Crippen MR) is 61.4 cm³/mol. The fourth-order valence-corrected chi connectivity index (χ4v) is 1.97. The summed E-state index contributed by atoms with van der Waals surface area (Å²) < 4.78 is 19.2. The van der Waals surface area contributed by atoms with Crippen molar-refractivity contribution in [3.63, 3.8) is 0 Å². The molecule has 1 aromatic heterocycles. The summed E-state index contributed by atoms with van der Waals surface area (Å²) in [5.41, 5.74) is 0. The number of aromatic nitrogens is 1. The summed E-state index contributed by atoms with van der Waals surface area (Å²) in [5, 5.41) is 0.320. The van der Waals surface area contributed by atoms with E-state index in [9.17, 15) is 4.39 Å². The van der Waals surface area contributed by atoms with E-state index < -0.39 is 0 Å². The minimum atomic E-state index is -0.374. The first kappa shape index (κ1) is 11.6. The van der Waals surface area contributed by atoms with Gasteiger partial charge in [-0.25, -0.2) is 9.37 Å². The molecule has 1 aliphatic rings. The van der Waals surface area contributed by atoms with Gasteiger partial charge in [-0.05, 0) is 19.4 Å². The van der Waals surface area contributed by atoms with Gasteiger partial charge in [-0.15, -0.1) is 0 Å². The topological polar surface area (TPSA) is 25.4 Å². The lowest BCUT2D eigenvalue weighted by molar-refractivity contribution is 0.0820. The van der Waals surface area contributed by atoms with Crippen LogP contribution in [0, 0.1) is 5.82 Å². The number of hydrogen-bond acceptors (Lipinski definition) is 3. The van der Waals surface area contributed by atoms with Crippen molar-refractivity contribution >= 4 is 17.4 Å². The molecule has 2 rings (SSSR count). The molecule has 0 aromatic carbocycles. The van der Waals surface area contributed by atoms with Gasteiger partial charge < -0.3 is 9.64 Å². The van der Waals surface area contributed by atoms with Crippen molar-refractivity contribution in [3.05, 3.63) is 23.1 Å². The van der Waals surface area contributed by atoms with Crippen molar-refractivity contribution in [1.82, 2.24) is 4.98 Å².